The third kappa shape index (κ3) is 5.63. The van der Waals surface area contributed by atoms with Crippen LogP contribution < -0.4 is 10.2 Å². The van der Waals surface area contributed by atoms with Gasteiger partial charge in [-0.1, -0.05) is 6.07 Å². The highest BCUT2D eigenvalue weighted by molar-refractivity contribution is 5.87. The highest BCUT2D eigenvalue weighted by atomic mass is 19.1. The van der Waals surface area contributed by atoms with Gasteiger partial charge in [-0.15, -0.1) is 0 Å². The molecular formula is C31H42FN5O4. The average molecular weight is 568 g/mol. The number of nitrogens with zero attached hydrogens (tertiary/aromatic N) is 4. The van der Waals surface area contributed by atoms with Gasteiger partial charge in [0.15, 0.2) is 0 Å². The fourth-order valence-electron chi connectivity index (χ4n) is 7.84. The zero-order valence-electron chi connectivity index (χ0n) is 24.4. The number of piperidine rings is 1. The number of ether oxygens (including phenoxy) is 2. The van der Waals surface area contributed by atoms with Crippen molar-refractivity contribution in [2.75, 3.05) is 31.2 Å². The Morgan fingerprint density at radius 3 is 2.49 bits per heavy atom. The summed E-state index contributed by atoms with van der Waals surface area (Å²) in [4.78, 5) is 32.8. The van der Waals surface area contributed by atoms with Crippen molar-refractivity contribution in [3.8, 4) is 6.07 Å². The highest BCUT2D eigenvalue weighted by Gasteiger charge is 2.52. The summed E-state index contributed by atoms with van der Waals surface area (Å²) < 4.78 is 26.6. The number of hydrogen-bond donors (Lipinski definition) is 1. The minimum absolute atomic E-state index is 0.0280. The molecule has 5 fully saturated rings. The maximum Gasteiger partial charge on any atom is 0.411 e. The molecule has 1 aliphatic carbocycles. The number of likely N-dealkylation sites (tertiary alicyclic amines) is 2. The van der Waals surface area contributed by atoms with Crippen LogP contribution in [-0.4, -0.2) is 90.0 Å². The predicted octanol–water partition coefficient (Wildman–Crippen LogP) is 3.61. The quantitative estimate of drug-likeness (QED) is 0.561. The number of carbonyl (C=O) groups is 2. The number of anilines is 1. The third-order valence-electron chi connectivity index (χ3n) is 9.62. The number of hydrogen-bond acceptors (Lipinski definition) is 7. The number of halogens is 1. The second kappa shape index (κ2) is 11.1. The maximum absolute atomic E-state index is 15.4. The molecule has 1 aromatic rings. The molecule has 7 atom stereocenters. The van der Waals surface area contributed by atoms with Crippen LogP contribution in [0.2, 0.25) is 0 Å². The van der Waals surface area contributed by atoms with Crippen LogP contribution in [0.1, 0.15) is 64.9 Å². The van der Waals surface area contributed by atoms with Crippen LogP contribution in [0.15, 0.2) is 18.2 Å². The molecule has 222 valence electrons. The standard InChI is InChI=1S/C31H42FN5O4/c1-31(2,3)41-30(39)37-22-7-5-20(13-22)28(37)29(38)34-21(15-33)12-19-4-6-23(14-27(19)32)36-24-8-9-25(36)17-35(16-24)26-10-11-40-18-26/h4,6,14,20-22,24-26,28H,5,7-13,16-18H2,1-3H3,(H,34,38)/t20-,21-,22+,24?,25?,26?,28-/m0/s1. The normalized spacial score (nSPS) is 31.8. The van der Waals surface area contributed by atoms with Crippen molar-refractivity contribution < 1.29 is 23.5 Å². The topological polar surface area (TPSA) is 98.1 Å². The summed E-state index contributed by atoms with van der Waals surface area (Å²) in [5, 5.41) is 12.7. The molecule has 0 aromatic heterocycles. The molecule has 4 bridgehead atoms. The molecule has 4 saturated heterocycles. The van der Waals surface area contributed by atoms with E-state index in [2.05, 4.69) is 21.2 Å². The lowest BCUT2D eigenvalue weighted by Gasteiger charge is -2.44. The van der Waals surface area contributed by atoms with Crippen molar-refractivity contribution in [1.29, 1.82) is 5.26 Å². The number of nitriles is 1. The van der Waals surface area contributed by atoms with Gasteiger partial charge in [-0.25, -0.2) is 9.18 Å². The Labute approximate surface area is 241 Å². The lowest BCUT2D eigenvalue weighted by Crippen LogP contribution is -2.56. The number of rotatable bonds is 6. The summed E-state index contributed by atoms with van der Waals surface area (Å²) in [5.41, 5.74) is 0.608. The number of nitrogens with one attached hydrogen (secondary N) is 1. The Balaban J connectivity index is 1.10. The summed E-state index contributed by atoms with van der Waals surface area (Å²) in [5.74, 6) is -0.688. The molecule has 0 radical (unpaired) electrons. The second-order valence-corrected chi connectivity index (χ2v) is 13.5. The van der Waals surface area contributed by atoms with Crippen LogP contribution in [0, 0.1) is 23.1 Å². The second-order valence-electron chi connectivity index (χ2n) is 13.5. The minimum atomic E-state index is -0.907. The fraction of sp³-hybridized carbons (Fsp3) is 0.710. The molecule has 4 aliphatic heterocycles. The Hall–Kier alpha value is -2.90. The lowest BCUT2D eigenvalue weighted by atomic mass is 9.97. The van der Waals surface area contributed by atoms with Gasteiger partial charge >= 0.3 is 6.09 Å². The van der Waals surface area contributed by atoms with Crippen molar-refractivity contribution in [1.82, 2.24) is 15.1 Å². The molecule has 6 rings (SSSR count). The molecule has 41 heavy (non-hydrogen) atoms. The minimum Gasteiger partial charge on any atom is -0.444 e. The zero-order chi connectivity index (χ0) is 28.9. The van der Waals surface area contributed by atoms with E-state index in [1.54, 1.807) is 37.8 Å². The number of amides is 2. The van der Waals surface area contributed by atoms with Gasteiger partial charge in [-0.3, -0.25) is 14.6 Å². The number of fused-ring (bicyclic) bond motifs is 4. The first-order chi connectivity index (χ1) is 19.6. The number of carbonyl (C=O) groups excluding carboxylic acids is 2. The first-order valence-corrected chi connectivity index (χ1v) is 15.2. The zero-order valence-corrected chi connectivity index (χ0v) is 24.4. The van der Waals surface area contributed by atoms with Crippen LogP contribution in [0.3, 0.4) is 0 Å². The van der Waals surface area contributed by atoms with Crippen molar-refractivity contribution in [2.24, 2.45) is 5.92 Å². The molecule has 0 spiro atoms. The average Bonchev–Trinajstić information content (AvgIpc) is 3.72. The van der Waals surface area contributed by atoms with E-state index in [-0.39, 0.29) is 30.1 Å². The molecule has 10 heteroatoms. The summed E-state index contributed by atoms with van der Waals surface area (Å²) >= 11 is 0. The van der Waals surface area contributed by atoms with Gasteiger partial charge in [0.25, 0.3) is 0 Å². The van der Waals surface area contributed by atoms with E-state index in [9.17, 15) is 14.9 Å². The largest absolute Gasteiger partial charge is 0.444 e. The first kappa shape index (κ1) is 28.2. The van der Waals surface area contributed by atoms with Gasteiger partial charge in [-0.2, -0.15) is 5.26 Å². The third-order valence-corrected chi connectivity index (χ3v) is 9.62. The van der Waals surface area contributed by atoms with Crippen LogP contribution >= 0.6 is 0 Å². The Morgan fingerprint density at radius 2 is 1.85 bits per heavy atom. The SMILES string of the molecule is CC(C)(C)OC(=O)N1[C@@H]2CC[C@@H](C2)[C@H]1C(=O)N[C@H](C#N)Cc1ccc(N2C3CCC2CN(C2CCOC2)C3)cc1F. The van der Waals surface area contributed by atoms with Crippen LogP contribution in [0.5, 0.6) is 0 Å². The van der Waals surface area contributed by atoms with Crippen LogP contribution in [-0.2, 0) is 20.7 Å². The van der Waals surface area contributed by atoms with Crippen molar-refractivity contribution in [3.05, 3.63) is 29.6 Å². The molecule has 1 N–H and O–H groups in total. The van der Waals surface area contributed by atoms with E-state index in [0.29, 0.717) is 23.7 Å². The number of benzene rings is 1. The van der Waals surface area contributed by atoms with E-state index in [0.717, 1.165) is 70.5 Å². The van der Waals surface area contributed by atoms with E-state index in [1.165, 1.54) is 0 Å². The molecule has 1 aromatic carbocycles. The van der Waals surface area contributed by atoms with Gasteiger partial charge in [-0.05, 0) is 82.9 Å². The smallest absolute Gasteiger partial charge is 0.411 e. The summed E-state index contributed by atoms with van der Waals surface area (Å²) in [6.45, 7) is 8.99. The monoisotopic (exact) mass is 567 g/mol. The number of piperazine rings is 1. The van der Waals surface area contributed by atoms with Crippen molar-refractivity contribution in [2.45, 2.75) is 108 Å². The first-order valence-electron chi connectivity index (χ1n) is 15.2. The van der Waals surface area contributed by atoms with E-state index < -0.39 is 23.8 Å². The summed E-state index contributed by atoms with van der Waals surface area (Å²) in [6, 6.07) is 7.04. The van der Waals surface area contributed by atoms with Gasteiger partial charge in [0, 0.05) is 56.0 Å². The van der Waals surface area contributed by atoms with Gasteiger partial charge in [0.1, 0.15) is 23.5 Å². The Bertz CT molecular complexity index is 1190. The molecule has 9 nitrogen and oxygen atoms in total. The van der Waals surface area contributed by atoms with E-state index in [1.807, 2.05) is 6.07 Å². The van der Waals surface area contributed by atoms with Crippen molar-refractivity contribution >= 4 is 17.7 Å². The Morgan fingerprint density at radius 1 is 1.12 bits per heavy atom. The van der Waals surface area contributed by atoms with Crippen LogP contribution in [0.4, 0.5) is 14.9 Å². The molecule has 4 heterocycles. The lowest BCUT2D eigenvalue weighted by molar-refractivity contribution is -0.128. The molecule has 1 saturated carbocycles. The summed E-state index contributed by atoms with van der Waals surface area (Å²) in [6.07, 6.45) is 5.32. The van der Waals surface area contributed by atoms with Gasteiger partial charge in [0.05, 0.1) is 12.7 Å². The van der Waals surface area contributed by atoms with Crippen molar-refractivity contribution in [3.63, 3.8) is 0 Å². The molecule has 2 amide bonds. The summed E-state index contributed by atoms with van der Waals surface area (Å²) in [7, 11) is 0. The van der Waals surface area contributed by atoms with Crippen LogP contribution in [0.25, 0.3) is 0 Å². The maximum atomic E-state index is 15.4. The highest BCUT2D eigenvalue weighted by Crippen LogP contribution is 2.43. The molecule has 5 aliphatic rings. The predicted molar refractivity (Wildman–Crippen MR) is 151 cm³/mol. The van der Waals surface area contributed by atoms with E-state index in [4.69, 9.17) is 9.47 Å². The van der Waals surface area contributed by atoms with E-state index >= 15 is 4.39 Å². The molecular weight excluding hydrogens is 525 g/mol. The molecule has 3 unspecified atom stereocenters. The van der Waals surface area contributed by atoms with Gasteiger partial charge in [0.2, 0.25) is 5.91 Å². The Kier molecular flexibility index (Phi) is 7.62. The van der Waals surface area contributed by atoms with Gasteiger partial charge < -0.3 is 19.7 Å². The fourth-order valence-corrected chi connectivity index (χ4v) is 7.84.